The zero-order valence-electron chi connectivity index (χ0n) is 10.5. The molecule has 1 aliphatic heterocycles. The second-order valence-corrected chi connectivity index (χ2v) is 5.65. The Hall–Kier alpha value is -0.570. The Labute approximate surface area is 108 Å². The van der Waals surface area contributed by atoms with E-state index < -0.39 is 0 Å². The van der Waals surface area contributed by atoms with E-state index in [0.717, 1.165) is 31.0 Å². The molecule has 1 aromatic rings. The monoisotopic (exact) mass is 253 g/mol. The average Bonchev–Trinajstić information content (AvgIpc) is 2.64. The maximum absolute atomic E-state index is 6.19. The van der Waals surface area contributed by atoms with Gasteiger partial charge in [-0.1, -0.05) is 29.8 Å². The highest BCUT2D eigenvalue weighted by atomic mass is 35.5. The first-order valence-electron chi connectivity index (χ1n) is 6.10. The molecule has 1 N–H and O–H groups in total. The van der Waals surface area contributed by atoms with E-state index in [1.54, 1.807) is 7.11 Å². The second kappa shape index (κ2) is 5.38. The van der Waals surface area contributed by atoms with Crippen LogP contribution in [0, 0.1) is 5.92 Å². The van der Waals surface area contributed by atoms with E-state index in [2.05, 4.69) is 24.4 Å². The molecule has 0 spiro atoms. The van der Waals surface area contributed by atoms with Crippen molar-refractivity contribution in [3.63, 3.8) is 0 Å². The Balaban J connectivity index is 1.96. The van der Waals surface area contributed by atoms with Crippen molar-refractivity contribution in [2.75, 3.05) is 20.3 Å². The Morgan fingerprint density at radius 3 is 2.94 bits per heavy atom. The molecule has 2 atom stereocenters. The molecule has 17 heavy (non-hydrogen) atoms. The first kappa shape index (κ1) is 12.9. The summed E-state index contributed by atoms with van der Waals surface area (Å²) >= 11 is 6.19. The molecule has 0 aromatic heterocycles. The predicted molar refractivity (Wildman–Crippen MR) is 71.5 cm³/mol. The van der Waals surface area contributed by atoms with Crippen molar-refractivity contribution < 1.29 is 4.74 Å². The lowest BCUT2D eigenvalue weighted by atomic mass is 9.91. The van der Waals surface area contributed by atoms with E-state index in [1.807, 2.05) is 12.1 Å². The summed E-state index contributed by atoms with van der Waals surface area (Å²) in [6.07, 6.45) is 2.19. The van der Waals surface area contributed by atoms with Crippen LogP contribution in [0.4, 0.5) is 0 Å². The van der Waals surface area contributed by atoms with E-state index in [4.69, 9.17) is 16.3 Å². The molecule has 2 unspecified atom stereocenters. The van der Waals surface area contributed by atoms with Crippen LogP contribution in [0.25, 0.3) is 0 Å². The van der Waals surface area contributed by atoms with Gasteiger partial charge in [-0.05, 0) is 43.9 Å². The molecular weight excluding hydrogens is 234 g/mol. The van der Waals surface area contributed by atoms with Crippen LogP contribution in [0.15, 0.2) is 24.3 Å². The zero-order valence-corrected chi connectivity index (χ0v) is 11.3. The Kier molecular flexibility index (Phi) is 4.08. The number of ether oxygens (including phenoxy) is 1. The maximum atomic E-state index is 6.19. The lowest BCUT2D eigenvalue weighted by molar-refractivity contribution is 0.128. The van der Waals surface area contributed by atoms with Gasteiger partial charge in [-0.15, -0.1) is 0 Å². The molecule has 0 aliphatic carbocycles. The van der Waals surface area contributed by atoms with Gasteiger partial charge >= 0.3 is 0 Å². The van der Waals surface area contributed by atoms with E-state index in [1.165, 1.54) is 5.56 Å². The minimum Gasteiger partial charge on any atom is -0.383 e. The molecule has 1 aliphatic rings. The topological polar surface area (TPSA) is 21.3 Å². The summed E-state index contributed by atoms with van der Waals surface area (Å²) in [5, 5.41) is 4.44. The second-order valence-electron chi connectivity index (χ2n) is 5.24. The number of nitrogens with one attached hydrogen (secondary N) is 1. The molecule has 0 saturated carbocycles. The van der Waals surface area contributed by atoms with Crippen molar-refractivity contribution in [2.45, 2.75) is 25.3 Å². The minimum atomic E-state index is 0.126. The van der Waals surface area contributed by atoms with Gasteiger partial charge in [0.15, 0.2) is 0 Å². The third-order valence-electron chi connectivity index (χ3n) is 3.49. The average molecular weight is 254 g/mol. The third-order valence-corrected chi connectivity index (χ3v) is 3.85. The fraction of sp³-hybridized carbons (Fsp3) is 0.571. The minimum absolute atomic E-state index is 0.126. The van der Waals surface area contributed by atoms with Crippen molar-refractivity contribution >= 4 is 11.6 Å². The van der Waals surface area contributed by atoms with Crippen molar-refractivity contribution in [3.05, 3.63) is 34.9 Å². The third kappa shape index (κ3) is 3.21. The fourth-order valence-corrected chi connectivity index (χ4v) is 2.93. The van der Waals surface area contributed by atoms with Crippen LogP contribution in [0.3, 0.4) is 0 Å². The number of benzene rings is 1. The standard InChI is InChI=1S/C14H20ClNO/c1-14(10-17-2)8-11(9-16-14)7-12-5-3-4-6-13(12)15/h3-6,11,16H,7-10H2,1-2H3. The summed E-state index contributed by atoms with van der Waals surface area (Å²) in [5.74, 6) is 0.648. The van der Waals surface area contributed by atoms with E-state index in [-0.39, 0.29) is 5.54 Å². The van der Waals surface area contributed by atoms with Crippen LogP contribution >= 0.6 is 11.6 Å². The van der Waals surface area contributed by atoms with Crippen LogP contribution in [0.2, 0.25) is 5.02 Å². The summed E-state index contributed by atoms with van der Waals surface area (Å²) < 4.78 is 5.26. The molecule has 0 bridgehead atoms. The maximum Gasteiger partial charge on any atom is 0.0641 e. The van der Waals surface area contributed by atoms with Crippen LogP contribution in [-0.4, -0.2) is 25.8 Å². The zero-order chi connectivity index (χ0) is 12.3. The van der Waals surface area contributed by atoms with Crippen molar-refractivity contribution in [1.82, 2.24) is 5.32 Å². The molecule has 0 radical (unpaired) electrons. The van der Waals surface area contributed by atoms with Crippen molar-refractivity contribution in [2.24, 2.45) is 5.92 Å². The fourth-order valence-electron chi connectivity index (χ4n) is 2.72. The lowest BCUT2D eigenvalue weighted by Gasteiger charge is -2.23. The van der Waals surface area contributed by atoms with E-state index >= 15 is 0 Å². The predicted octanol–water partition coefficient (Wildman–Crippen LogP) is 2.90. The molecule has 3 heteroatoms. The number of rotatable bonds is 4. The summed E-state index contributed by atoms with van der Waals surface area (Å²) in [6.45, 7) is 4.04. The van der Waals surface area contributed by atoms with Gasteiger partial charge in [-0.3, -0.25) is 0 Å². The van der Waals surface area contributed by atoms with E-state index in [9.17, 15) is 0 Å². The summed E-state index contributed by atoms with van der Waals surface area (Å²) in [5.41, 5.74) is 1.38. The van der Waals surface area contributed by atoms with Crippen LogP contribution in [0.5, 0.6) is 0 Å². The van der Waals surface area contributed by atoms with Gasteiger partial charge in [0.05, 0.1) is 6.61 Å². The number of methoxy groups -OCH3 is 1. The highest BCUT2D eigenvalue weighted by molar-refractivity contribution is 6.31. The smallest absolute Gasteiger partial charge is 0.0641 e. The Morgan fingerprint density at radius 2 is 2.24 bits per heavy atom. The Bertz CT molecular complexity index is 382. The molecule has 2 nitrogen and oxygen atoms in total. The van der Waals surface area contributed by atoms with Gasteiger partial charge in [0, 0.05) is 17.7 Å². The summed E-state index contributed by atoms with van der Waals surface area (Å²) in [4.78, 5) is 0. The van der Waals surface area contributed by atoms with Gasteiger partial charge in [0.2, 0.25) is 0 Å². The molecule has 1 heterocycles. The van der Waals surface area contributed by atoms with Gasteiger partial charge < -0.3 is 10.1 Å². The Morgan fingerprint density at radius 1 is 1.47 bits per heavy atom. The largest absolute Gasteiger partial charge is 0.383 e. The van der Waals surface area contributed by atoms with Gasteiger partial charge in [0.25, 0.3) is 0 Å². The number of hydrogen-bond acceptors (Lipinski definition) is 2. The summed E-state index contributed by atoms with van der Waals surface area (Å²) in [7, 11) is 1.76. The van der Waals surface area contributed by atoms with Crippen LogP contribution in [0.1, 0.15) is 18.9 Å². The molecule has 1 saturated heterocycles. The highest BCUT2D eigenvalue weighted by Gasteiger charge is 2.34. The van der Waals surface area contributed by atoms with Crippen molar-refractivity contribution in [1.29, 1.82) is 0 Å². The molecule has 0 amide bonds. The molecule has 1 aromatic carbocycles. The van der Waals surface area contributed by atoms with Gasteiger partial charge in [-0.2, -0.15) is 0 Å². The molecular formula is C14H20ClNO. The van der Waals surface area contributed by atoms with E-state index in [0.29, 0.717) is 5.92 Å². The van der Waals surface area contributed by atoms with Crippen molar-refractivity contribution in [3.8, 4) is 0 Å². The van der Waals surface area contributed by atoms with Gasteiger partial charge in [0.1, 0.15) is 0 Å². The molecule has 2 rings (SSSR count). The van der Waals surface area contributed by atoms with Crippen LogP contribution in [-0.2, 0) is 11.2 Å². The van der Waals surface area contributed by atoms with Gasteiger partial charge in [-0.25, -0.2) is 0 Å². The first-order chi connectivity index (χ1) is 8.13. The normalized spacial score (nSPS) is 28.5. The quantitative estimate of drug-likeness (QED) is 0.891. The molecule has 94 valence electrons. The molecule has 1 fully saturated rings. The first-order valence-corrected chi connectivity index (χ1v) is 6.48. The summed E-state index contributed by atoms with van der Waals surface area (Å²) in [6, 6.07) is 8.12. The SMILES string of the molecule is COCC1(C)CC(Cc2ccccc2Cl)CN1. The number of halogens is 1. The lowest BCUT2D eigenvalue weighted by Crippen LogP contribution is -2.40. The highest BCUT2D eigenvalue weighted by Crippen LogP contribution is 2.28. The number of hydrogen-bond donors (Lipinski definition) is 1. The van der Waals surface area contributed by atoms with Crippen LogP contribution < -0.4 is 5.32 Å².